The Labute approximate surface area is 272 Å². The molecule has 1 aromatic carbocycles. The third-order valence-electron chi connectivity index (χ3n) is 7.29. The van der Waals surface area contributed by atoms with Gasteiger partial charge in [-0.1, -0.05) is 30.7 Å². The largest absolute Gasteiger partial charge is 0.465 e. The van der Waals surface area contributed by atoms with Crippen molar-refractivity contribution in [3.05, 3.63) is 68.0 Å². The Morgan fingerprint density at radius 1 is 1.09 bits per heavy atom. The quantitative estimate of drug-likeness (QED) is 0.361. The number of aryl methyl sites for hydroxylation is 1. The molecule has 3 rings (SSSR count). The second-order valence-corrected chi connectivity index (χ2v) is 12.4. The normalized spacial score (nSPS) is 16.3. The highest BCUT2D eigenvalue weighted by molar-refractivity contribution is 6.10. The highest BCUT2D eigenvalue weighted by Crippen LogP contribution is 2.21. The first-order chi connectivity index (χ1) is 22.2. The number of fused-ring (bicyclic) bond motifs is 1. The molecule has 2 N–H and O–H groups in total. The summed E-state index contributed by atoms with van der Waals surface area (Å²) in [7, 11) is 0. The Hall–Kier alpha value is -4.59. The van der Waals surface area contributed by atoms with Gasteiger partial charge in [-0.15, -0.1) is 0 Å². The van der Waals surface area contributed by atoms with Crippen molar-refractivity contribution in [2.24, 2.45) is 0 Å². The second kappa shape index (κ2) is 16.8. The van der Waals surface area contributed by atoms with Crippen LogP contribution in [0.25, 0.3) is 0 Å². The lowest BCUT2D eigenvalue weighted by Gasteiger charge is -2.31. The highest BCUT2D eigenvalue weighted by atomic mass is 16.6. The van der Waals surface area contributed by atoms with E-state index in [9.17, 15) is 33.6 Å². The Bertz CT molecular complexity index is 1570. The smallest absolute Gasteiger partial charge is 0.407 e. The van der Waals surface area contributed by atoms with Gasteiger partial charge >= 0.3 is 17.8 Å². The summed E-state index contributed by atoms with van der Waals surface area (Å²) in [5.41, 5.74) is -1.63. The van der Waals surface area contributed by atoms with Crippen LogP contribution >= 0.6 is 0 Å². The summed E-state index contributed by atoms with van der Waals surface area (Å²) in [6.45, 7) is 6.98. The van der Waals surface area contributed by atoms with Gasteiger partial charge in [-0.05, 0) is 47.5 Å². The van der Waals surface area contributed by atoms with Crippen molar-refractivity contribution in [3.8, 4) is 0 Å². The molecule has 2 aromatic rings. The summed E-state index contributed by atoms with van der Waals surface area (Å²) < 4.78 is 17.6. The van der Waals surface area contributed by atoms with E-state index >= 15 is 0 Å². The van der Waals surface area contributed by atoms with Crippen LogP contribution in [0.5, 0.6) is 0 Å². The summed E-state index contributed by atoms with van der Waals surface area (Å²) in [6.07, 6.45) is 1.35. The van der Waals surface area contributed by atoms with E-state index in [1.807, 2.05) is 0 Å². The number of aromatic nitrogens is 2. The Morgan fingerprint density at radius 2 is 1.79 bits per heavy atom. The average molecular weight is 657 g/mol. The number of carbonyl (C=O) groups excluding carboxylic acids is 5. The fraction of sp³-hybridized carbons (Fsp3) is 0.545. The molecule has 2 unspecified atom stereocenters. The third-order valence-corrected chi connectivity index (χ3v) is 7.29. The molecule has 2 amide bonds. The minimum Gasteiger partial charge on any atom is -0.465 e. The number of hydrogen-bond acceptors (Lipinski definition) is 10. The summed E-state index contributed by atoms with van der Waals surface area (Å²) in [5, 5.41) is 2.71. The number of esters is 1. The van der Waals surface area contributed by atoms with E-state index in [2.05, 4.69) is 10.3 Å². The molecule has 0 radical (unpaired) electrons. The maximum atomic E-state index is 13.9. The van der Waals surface area contributed by atoms with Crippen LogP contribution in [0.4, 0.5) is 4.79 Å². The van der Waals surface area contributed by atoms with E-state index in [-0.39, 0.29) is 48.7 Å². The van der Waals surface area contributed by atoms with E-state index in [4.69, 9.17) is 14.2 Å². The molecule has 14 heteroatoms. The number of carbonyl (C=O) groups is 5. The zero-order chi connectivity index (χ0) is 34.7. The van der Waals surface area contributed by atoms with Crippen LogP contribution in [-0.4, -0.2) is 88.0 Å². The molecule has 0 aliphatic carbocycles. The zero-order valence-electron chi connectivity index (χ0n) is 27.6. The van der Waals surface area contributed by atoms with Gasteiger partial charge in [-0.2, -0.15) is 0 Å². The van der Waals surface area contributed by atoms with Gasteiger partial charge in [-0.25, -0.2) is 9.59 Å². The van der Waals surface area contributed by atoms with Crippen molar-refractivity contribution in [3.63, 3.8) is 0 Å². The van der Waals surface area contributed by atoms with Crippen LogP contribution in [0.2, 0.25) is 0 Å². The Kier molecular flexibility index (Phi) is 13.2. The van der Waals surface area contributed by atoms with Crippen molar-refractivity contribution in [2.75, 3.05) is 26.3 Å². The Balaban J connectivity index is 1.99. The van der Waals surface area contributed by atoms with Crippen LogP contribution in [0.15, 0.2) is 40.1 Å². The molecular weight excluding hydrogens is 612 g/mol. The van der Waals surface area contributed by atoms with Gasteiger partial charge in [0.05, 0.1) is 12.6 Å². The number of ketones is 2. The lowest BCUT2D eigenvalue weighted by molar-refractivity contribution is -0.149. The van der Waals surface area contributed by atoms with Gasteiger partial charge in [-0.3, -0.25) is 33.5 Å². The number of hydrogen-bond donors (Lipinski definition) is 2. The number of H-pyrrole nitrogens is 1. The first kappa shape index (κ1) is 36.9. The fourth-order valence-corrected chi connectivity index (χ4v) is 5.07. The summed E-state index contributed by atoms with van der Waals surface area (Å²) in [4.78, 5) is 93.7. The molecule has 2 atom stereocenters. The van der Waals surface area contributed by atoms with Gasteiger partial charge in [0, 0.05) is 48.9 Å². The van der Waals surface area contributed by atoms with Crippen LogP contribution in [0.1, 0.15) is 86.1 Å². The molecule has 1 aromatic heterocycles. The lowest BCUT2D eigenvalue weighted by Crippen LogP contribution is -2.51. The predicted molar refractivity (Wildman–Crippen MR) is 170 cm³/mol. The monoisotopic (exact) mass is 656 g/mol. The molecule has 0 saturated heterocycles. The molecule has 1 aliphatic rings. The summed E-state index contributed by atoms with van der Waals surface area (Å²) in [6, 6.07) is 5.48. The number of alkyl carbamates (subject to hydrolysis) is 1. The maximum Gasteiger partial charge on any atom is 0.407 e. The molecule has 256 valence electrons. The van der Waals surface area contributed by atoms with E-state index in [1.54, 1.807) is 52.0 Å². The van der Waals surface area contributed by atoms with Crippen molar-refractivity contribution in [2.45, 2.75) is 91.0 Å². The molecule has 14 nitrogen and oxygen atoms in total. The van der Waals surface area contributed by atoms with E-state index in [0.717, 1.165) is 9.47 Å². The molecule has 1 aliphatic heterocycles. The first-order valence-corrected chi connectivity index (χ1v) is 15.7. The zero-order valence-corrected chi connectivity index (χ0v) is 27.6. The minimum atomic E-state index is -1.13. The SMILES string of the molecule is CCOC(=O)CN(CC(CC1OCCCCCC(=O)c2ccccc2C1=O)NC(=O)OC(C)(C)C)C(=O)Cn1cc(C)c(=O)[nH]c1=O. The molecule has 0 fully saturated rings. The van der Waals surface area contributed by atoms with Crippen molar-refractivity contribution in [1.82, 2.24) is 19.8 Å². The van der Waals surface area contributed by atoms with E-state index in [0.29, 0.717) is 25.7 Å². The fourth-order valence-electron chi connectivity index (χ4n) is 5.07. The molecule has 0 saturated carbocycles. The maximum absolute atomic E-state index is 13.9. The standard InChI is InChI=1S/C33H44N4O10/c1-6-45-28(40)20-36(27(39)19-37-17-21(2)30(42)35-31(37)43)18-22(34-32(44)47-33(3,4)5)16-26-29(41)24-13-10-9-12-23(24)25(38)14-8-7-11-15-46-26/h9-10,12-13,17,22,26H,6-8,11,14-16,18-20H2,1-5H3,(H,34,44)(H,35,42,43). The van der Waals surface area contributed by atoms with E-state index in [1.165, 1.54) is 13.1 Å². The van der Waals surface area contributed by atoms with Gasteiger partial charge < -0.3 is 24.4 Å². The van der Waals surface area contributed by atoms with Crippen LogP contribution in [0.3, 0.4) is 0 Å². The molecule has 0 bridgehead atoms. The third kappa shape index (κ3) is 11.3. The Morgan fingerprint density at radius 3 is 2.47 bits per heavy atom. The first-order valence-electron chi connectivity index (χ1n) is 15.7. The number of nitrogens with zero attached hydrogens (tertiary/aromatic N) is 2. The molecular formula is C33H44N4O10. The van der Waals surface area contributed by atoms with Crippen molar-refractivity contribution >= 4 is 29.5 Å². The van der Waals surface area contributed by atoms with Crippen LogP contribution < -0.4 is 16.6 Å². The van der Waals surface area contributed by atoms with Gasteiger partial charge in [0.2, 0.25) is 5.91 Å². The molecule has 2 heterocycles. The number of nitrogens with one attached hydrogen (secondary N) is 2. The second-order valence-electron chi connectivity index (χ2n) is 12.4. The number of amides is 2. The molecule has 47 heavy (non-hydrogen) atoms. The number of ether oxygens (including phenoxy) is 3. The minimum absolute atomic E-state index is 0.0432. The molecule has 0 spiro atoms. The van der Waals surface area contributed by atoms with Gasteiger partial charge in [0.15, 0.2) is 11.6 Å². The van der Waals surface area contributed by atoms with Crippen molar-refractivity contribution < 1.29 is 38.2 Å². The number of rotatable bonds is 10. The lowest BCUT2D eigenvalue weighted by atomic mass is 9.93. The summed E-state index contributed by atoms with van der Waals surface area (Å²) >= 11 is 0. The highest BCUT2D eigenvalue weighted by Gasteiger charge is 2.32. The topological polar surface area (TPSA) is 183 Å². The van der Waals surface area contributed by atoms with Crippen LogP contribution in [0, 0.1) is 6.92 Å². The van der Waals surface area contributed by atoms with Crippen LogP contribution in [-0.2, 0) is 30.3 Å². The van der Waals surface area contributed by atoms with Gasteiger partial charge in [0.1, 0.15) is 24.8 Å². The van der Waals surface area contributed by atoms with Crippen molar-refractivity contribution in [1.29, 1.82) is 0 Å². The van der Waals surface area contributed by atoms with Gasteiger partial charge in [0.25, 0.3) is 5.56 Å². The number of aromatic amines is 1. The number of Topliss-reactive ketones (excluding diaryl/α,β-unsaturated/α-hetero) is 2. The predicted octanol–water partition coefficient (Wildman–Crippen LogP) is 2.54. The number of benzene rings is 1. The summed E-state index contributed by atoms with van der Waals surface area (Å²) in [5.74, 6) is -2.06. The van der Waals surface area contributed by atoms with E-state index < -0.39 is 65.8 Å². The average Bonchev–Trinajstić information content (AvgIpc) is 3.01.